The predicted octanol–water partition coefficient (Wildman–Crippen LogP) is 2.50. The van der Waals surface area contributed by atoms with Crippen molar-refractivity contribution < 1.29 is 14.3 Å². The molecule has 1 aliphatic carbocycles. The first-order valence-corrected chi connectivity index (χ1v) is 12.0. The minimum Gasteiger partial charge on any atom is -0.369 e. The Kier molecular flexibility index (Phi) is 6.36. The van der Waals surface area contributed by atoms with Crippen LogP contribution in [0.5, 0.6) is 0 Å². The fraction of sp³-hybridized carbons (Fsp3) is 0.750. The minimum absolute atomic E-state index is 0.253. The Balaban J connectivity index is 1.73. The zero-order chi connectivity index (χ0) is 22.2. The molecule has 2 aliphatic rings. The van der Waals surface area contributed by atoms with Gasteiger partial charge in [-0.15, -0.1) is 5.10 Å². The highest BCUT2D eigenvalue weighted by Crippen LogP contribution is 2.47. The topological polar surface area (TPSA) is 130 Å². The van der Waals surface area contributed by atoms with E-state index >= 15 is 0 Å². The van der Waals surface area contributed by atoms with Gasteiger partial charge in [0.15, 0.2) is 27.9 Å². The molecule has 170 valence electrons. The smallest absolute Gasteiger partial charge is 0.223 e. The number of hydrogen-bond donors (Lipinski definition) is 2. The maximum atomic E-state index is 12.1. The van der Waals surface area contributed by atoms with E-state index in [1.807, 2.05) is 13.8 Å². The van der Waals surface area contributed by atoms with E-state index in [0.29, 0.717) is 28.6 Å². The van der Waals surface area contributed by atoms with Gasteiger partial charge in [0.1, 0.15) is 12.2 Å². The number of carbonyl (C=O) groups is 1. The highest BCUT2D eigenvalue weighted by molar-refractivity contribution is 7.99. The van der Waals surface area contributed by atoms with Gasteiger partial charge in [-0.2, -0.15) is 0 Å². The van der Waals surface area contributed by atoms with Crippen LogP contribution in [0.1, 0.15) is 59.4 Å². The van der Waals surface area contributed by atoms with E-state index < -0.39 is 17.8 Å². The molecule has 1 saturated heterocycles. The molecule has 2 fully saturated rings. The molecule has 4 atom stereocenters. The van der Waals surface area contributed by atoms with Gasteiger partial charge in [-0.1, -0.05) is 37.2 Å². The molecule has 2 aromatic rings. The van der Waals surface area contributed by atoms with Crippen LogP contribution in [0.2, 0.25) is 0 Å². The summed E-state index contributed by atoms with van der Waals surface area (Å²) >= 11 is 1.61. The maximum Gasteiger partial charge on any atom is 0.223 e. The predicted molar refractivity (Wildman–Crippen MR) is 118 cm³/mol. The summed E-state index contributed by atoms with van der Waals surface area (Å²) in [6, 6.07) is -0.253. The Labute approximate surface area is 186 Å². The normalized spacial score (nSPS) is 27.0. The van der Waals surface area contributed by atoms with E-state index in [4.69, 9.17) is 20.2 Å². The molecular weight excluding hydrogens is 418 g/mol. The molecule has 1 amide bonds. The first-order chi connectivity index (χ1) is 14.8. The highest BCUT2D eigenvalue weighted by Gasteiger charge is 2.57. The number of aromatic nitrogens is 5. The Bertz CT molecular complexity index is 950. The minimum atomic E-state index is -0.790. The number of primary amides is 1. The lowest BCUT2D eigenvalue weighted by molar-refractivity contribution is -0.162. The van der Waals surface area contributed by atoms with Crippen LogP contribution in [0.15, 0.2) is 5.16 Å². The van der Waals surface area contributed by atoms with Crippen molar-refractivity contribution in [3.05, 3.63) is 0 Å². The molecule has 31 heavy (non-hydrogen) atoms. The monoisotopic (exact) mass is 449 g/mol. The number of nitrogens with two attached hydrogens (primary N) is 1. The maximum absolute atomic E-state index is 12.1. The van der Waals surface area contributed by atoms with Gasteiger partial charge in [-0.05, 0) is 33.1 Å². The molecule has 0 bridgehead atoms. The van der Waals surface area contributed by atoms with E-state index in [1.165, 1.54) is 0 Å². The Morgan fingerprint density at radius 1 is 1.26 bits per heavy atom. The van der Waals surface area contributed by atoms with Gasteiger partial charge in [0, 0.05) is 12.3 Å². The molecule has 4 rings (SSSR count). The van der Waals surface area contributed by atoms with Crippen LogP contribution in [0.3, 0.4) is 0 Å². The molecule has 10 nitrogen and oxygen atoms in total. The zero-order valence-electron chi connectivity index (χ0n) is 18.5. The third kappa shape index (κ3) is 4.35. The molecule has 3 heterocycles. The molecule has 0 spiro atoms. The average molecular weight is 450 g/mol. The van der Waals surface area contributed by atoms with Gasteiger partial charge in [-0.3, -0.25) is 4.79 Å². The fourth-order valence-corrected chi connectivity index (χ4v) is 4.96. The molecule has 1 saturated carbocycles. The van der Waals surface area contributed by atoms with Crippen LogP contribution in [-0.2, 0) is 14.3 Å². The standard InChI is InChI=1S/C20H31N7O3S/c1-5-7-8-22-17-13-18(24-19(23-17)31-9-6-2)27(26-25-13)12-10-11(16(21)28)14-15(12)30-20(3,4)29-14/h11-12,14-15H,5-10H2,1-4H3,(H2,21,28)(H,22,23,24)/t11-,12+,14+,15-/m0/s1. The summed E-state index contributed by atoms with van der Waals surface area (Å²) in [6.45, 7) is 8.76. The van der Waals surface area contributed by atoms with E-state index in [9.17, 15) is 4.79 Å². The van der Waals surface area contributed by atoms with Crippen molar-refractivity contribution in [2.24, 2.45) is 11.7 Å². The van der Waals surface area contributed by atoms with Gasteiger partial charge >= 0.3 is 0 Å². The Hall–Kier alpha value is -1.98. The molecule has 1 aliphatic heterocycles. The third-order valence-corrected chi connectivity index (χ3v) is 6.73. The molecular formula is C20H31N7O3S. The van der Waals surface area contributed by atoms with Crippen LogP contribution in [-0.4, -0.2) is 61.2 Å². The van der Waals surface area contributed by atoms with Crippen LogP contribution in [0.4, 0.5) is 5.82 Å². The molecule has 0 aromatic carbocycles. The molecule has 0 unspecified atom stereocenters. The second-order valence-corrected chi connectivity index (χ2v) is 9.63. The van der Waals surface area contributed by atoms with Crippen molar-refractivity contribution in [1.82, 2.24) is 25.0 Å². The van der Waals surface area contributed by atoms with Crippen LogP contribution >= 0.6 is 11.8 Å². The van der Waals surface area contributed by atoms with Crippen molar-refractivity contribution in [2.75, 3.05) is 17.6 Å². The van der Waals surface area contributed by atoms with Crippen LogP contribution < -0.4 is 11.1 Å². The van der Waals surface area contributed by atoms with Gasteiger partial charge in [0.25, 0.3) is 0 Å². The van der Waals surface area contributed by atoms with Crippen LogP contribution in [0, 0.1) is 5.92 Å². The summed E-state index contributed by atoms with van der Waals surface area (Å²) in [5, 5.41) is 12.9. The largest absolute Gasteiger partial charge is 0.369 e. The highest BCUT2D eigenvalue weighted by atomic mass is 32.2. The summed E-state index contributed by atoms with van der Waals surface area (Å²) in [5.41, 5.74) is 6.94. The molecule has 2 aromatic heterocycles. The summed E-state index contributed by atoms with van der Waals surface area (Å²) in [4.78, 5) is 21.6. The number of anilines is 1. The summed E-state index contributed by atoms with van der Waals surface area (Å²) in [7, 11) is 0. The van der Waals surface area contributed by atoms with E-state index in [1.54, 1.807) is 16.4 Å². The number of thioether (sulfide) groups is 1. The number of carbonyl (C=O) groups excluding carboxylic acids is 1. The molecule has 3 N–H and O–H groups in total. The van der Waals surface area contributed by atoms with E-state index in [0.717, 1.165) is 31.6 Å². The van der Waals surface area contributed by atoms with E-state index in [-0.39, 0.29) is 18.1 Å². The lowest BCUT2D eigenvalue weighted by atomic mass is 10.1. The SMILES string of the molecule is CCCCNc1nc(SCCC)nc2c1nnn2[C@@H]1C[C@H](C(N)=O)[C@H]2OC(C)(C)O[C@H]21. The molecule has 0 radical (unpaired) electrons. The zero-order valence-corrected chi connectivity index (χ0v) is 19.3. The number of nitrogens with one attached hydrogen (secondary N) is 1. The number of amides is 1. The number of nitrogens with zero attached hydrogens (tertiary/aromatic N) is 5. The number of ether oxygens (including phenoxy) is 2. The number of fused-ring (bicyclic) bond motifs is 2. The van der Waals surface area contributed by atoms with Gasteiger partial charge in [0.2, 0.25) is 5.91 Å². The molecule has 11 heteroatoms. The first-order valence-electron chi connectivity index (χ1n) is 11.0. The van der Waals surface area contributed by atoms with Gasteiger partial charge in [0.05, 0.1) is 12.0 Å². The summed E-state index contributed by atoms with van der Waals surface area (Å²) < 4.78 is 13.9. The number of hydrogen-bond acceptors (Lipinski definition) is 9. The summed E-state index contributed by atoms with van der Waals surface area (Å²) in [6.07, 6.45) is 2.85. The average Bonchev–Trinajstić information content (AvgIpc) is 3.36. The third-order valence-electron chi connectivity index (χ3n) is 5.68. The van der Waals surface area contributed by atoms with Crippen molar-refractivity contribution in [1.29, 1.82) is 0 Å². The second kappa shape index (κ2) is 8.87. The number of unbranched alkanes of at least 4 members (excludes halogenated alkanes) is 1. The Morgan fingerprint density at radius 2 is 2.03 bits per heavy atom. The number of rotatable bonds is 9. The lowest BCUT2D eigenvalue weighted by Gasteiger charge is -2.22. The van der Waals surface area contributed by atoms with Crippen molar-refractivity contribution in [3.63, 3.8) is 0 Å². The van der Waals surface area contributed by atoms with Gasteiger partial charge in [-0.25, -0.2) is 14.6 Å². The van der Waals surface area contributed by atoms with Crippen molar-refractivity contribution in [3.8, 4) is 0 Å². The second-order valence-electron chi connectivity index (χ2n) is 8.57. The van der Waals surface area contributed by atoms with Crippen LogP contribution in [0.25, 0.3) is 11.2 Å². The quantitative estimate of drug-likeness (QED) is 0.337. The van der Waals surface area contributed by atoms with Crippen molar-refractivity contribution >= 4 is 34.7 Å². The lowest BCUT2D eigenvalue weighted by Crippen LogP contribution is -2.34. The summed E-state index contributed by atoms with van der Waals surface area (Å²) in [5.74, 6) is -0.0202. The fourth-order valence-electron chi connectivity index (χ4n) is 4.27. The van der Waals surface area contributed by atoms with Gasteiger partial charge < -0.3 is 20.5 Å². The van der Waals surface area contributed by atoms with E-state index in [2.05, 4.69) is 34.5 Å². The first kappa shape index (κ1) is 22.2. The van der Waals surface area contributed by atoms with Crippen molar-refractivity contribution in [2.45, 2.75) is 82.6 Å². The Morgan fingerprint density at radius 3 is 2.74 bits per heavy atom.